The third-order valence-electron chi connectivity index (χ3n) is 5.52. The van der Waals surface area contributed by atoms with Gasteiger partial charge in [0.2, 0.25) is 0 Å². The molecule has 0 saturated carbocycles. The maximum Gasteiger partial charge on any atom is 0.268 e. The van der Waals surface area contributed by atoms with Gasteiger partial charge in [-0.15, -0.1) is 0 Å². The molecule has 0 radical (unpaired) electrons. The molecule has 0 saturated heterocycles. The lowest BCUT2D eigenvalue weighted by molar-refractivity contribution is 0.0932. The Kier molecular flexibility index (Phi) is 4.63. The first-order valence-corrected chi connectivity index (χ1v) is 9.27. The number of aryl methyl sites for hydroxylation is 2. The zero-order valence-electron chi connectivity index (χ0n) is 16.5. The molecule has 2 N–H and O–H groups in total. The minimum atomic E-state index is -0.111. The third-order valence-corrected chi connectivity index (χ3v) is 5.52. The van der Waals surface area contributed by atoms with E-state index in [1.165, 1.54) is 5.56 Å². The fourth-order valence-electron chi connectivity index (χ4n) is 3.97. The summed E-state index contributed by atoms with van der Waals surface area (Å²) >= 11 is 0. The van der Waals surface area contributed by atoms with Gasteiger partial charge >= 0.3 is 0 Å². The summed E-state index contributed by atoms with van der Waals surface area (Å²) in [6.07, 6.45) is 1.74. The van der Waals surface area contributed by atoms with Crippen molar-refractivity contribution in [2.75, 3.05) is 21.3 Å². The molecule has 146 valence electrons. The second kappa shape index (κ2) is 7.11. The number of amides is 1. The van der Waals surface area contributed by atoms with Crippen molar-refractivity contribution in [3.05, 3.63) is 52.7 Å². The van der Waals surface area contributed by atoms with Crippen LogP contribution < -0.4 is 19.5 Å². The summed E-state index contributed by atoms with van der Waals surface area (Å²) in [5, 5.41) is 4.16. The number of H-pyrrole nitrogens is 1. The van der Waals surface area contributed by atoms with Gasteiger partial charge in [-0.05, 0) is 66.8 Å². The summed E-state index contributed by atoms with van der Waals surface area (Å²) in [6.45, 7) is 1.95. The van der Waals surface area contributed by atoms with Gasteiger partial charge in [-0.25, -0.2) is 0 Å². The Balaban J connectivity index is 1.62. The SMILES string of the molecule is COc1ccc2[nH]c(C(=O)N[C@H]3CCc4cc(OC)c(OC)cc43)c(C)c2c1. The Morgan fingerprint density at radius 3 is 2.54 bits per heavy atom. The minimum absolute atomic E-state index is 0.0531. The van der Waals surface area contributed by atoms with Gasteiger partial charge < -0.3 is 24.5 Å². The number of carbonyl (C=O) groups excluding carboxylic acids is 1. The molecule has 1 amide bonds. The Bertz CT molecular complexity index is 1050. The third kappa shape index (κ3) is 2.95. The molecule has 1 atom stereocenters. The number of hydrogen-bond donors (Lipinski definition) is 2. The fourth-order valence-corrected chi connectivity index (χ4v) is 3.97. The van der Waals surface area contributed by atoms with Gasteiger partial charge in [-0.3, -0.25) is 4.79 Å². The van der Waals surface area contributed by atoms with E-state index in [1.54, 1.807) is 21.3 Å². The molecule has 0 spiro atoms. The van der Waals surface area contributed by atoms with E-state index in [9.17, 15) is 4.79 Å². The number of hydrogen-bond acceptors (Lipinski definition) is 4. The molecule has 1 heterocycles. The van der Waals surface area contributed by atoms with Gasteiger partial charge in [-0.1, -0.05) is 0 Å². The van der Waals surface area contributed by atoms with Crippen LogP contribution in [0, 0.1) is 6.92 Å². The normalized spacial score (nSPS) is 15.4. The van der Waals surface area contributed by atoms with E-state index in [-0.39, 0.29) is 11.9 Å². The van der Waals surface area contributed by atoms with Crippen LogP contribution in [0.5, 0.6) is 17.2 Å². The van der Waals surface area contributed by atoms with E-state index < -0.39 is 0 Å². The van der Waals surface area contributed by atoms with E-state index >= 15 is 0 Å². The molecule has 3 aromatic rings. The van der Waals surface area contributed by atoms with Crippen LogP contribution in [0.15, 0.2) is 30.3 Å². The van der Waals surface area contributed by atoms with Crippen LogP contribution in [0.1, 0.15) is 39.6 Å². The summed E-state index contributed by atoms with van der Waals surface area (Å²) in [5.41, 5.74) is 4.68. The largest absolute Gasteiger partial charge is 0.497 e. The van der Waals surface area contributed by atoms with Gasteiger partial charge in [0.05, 0.1) is 27.4 Å². The average Bonchev–Trinajstić information content (AvgIpc) is 3.27. The number of aromatic nitrogens is 1. The number of methoxy groups -OCH3 is 3. The van der Waals surface area contributed by atoms with Crippen LogP contribution in [0.4, 0.5) is 0 Å². The standard InChI is InChI=1S/C22H24N2O4/c1-12-15-10-14(26-2)6-8-17(15)23-21(12)22(25)24-18-7-5-13-9-19(27-3)20(28-4)11-16(13)18/h6,8-11,18,23H,5,7H2,1-4H3,(H,24,25)/t18-/m0/s1. The molecule has 2 aromatic carbocycles. The molecule has 1 aliphatic rings. The minimum Gasteiger partial charge on any atom is -0.497 e. The van der Waals surface area contributed by atoms with Crippen molar-refractivity contribution in [1.29, 1.82) is 0 Å². The quantitative estimate of drug-likeness (QED) is 0.704. The summed E-state index contributed by atoms with van der Waals surface area (Å²) in [7, 11) is 4.89. The van der Waals surface area contributed by atoms with Crippen LogP contribution in [0.25, 0.3) is 10.9 Å². The molecule has 0 unspecified atom stereocenters. The molecule has 0 aliphatic heterocycles. The van der Waals surface area contributed by atoms with Gasteiger partial charge in [0.25, 0.3) is 5.91 Å². The van der Waals surface area contributed by atoms with Crippen molar-refractivity contribution >= 4 is 16.8 Å². The van der Waals surface area contributed by atoms with Crippen LogP contribution in [0.3, 0.4) is 0 Å². The van der Waals surface area contributed by atoms with Crippen LogP contribution in [-0.2, 0) is 6.42 Å². The van der Waals surface area contributed by atoms with E-state index in [1.807, 2.05) is 37.3 Å². The average molecular weight is 380 g/mol. The number of rotatable bonds is 5. The number of aromatic amines is 1. The van der Waals surface area contributed by atoms with Crippen LogP contribution in [-0.4, -0.2) is 32.2 Å². The number of benzene rings is 2. The number of ether oxygens (including phenoxy) is 3. The van der Waals surface area contributed by atoms with Gasteiger partial charge in [-0.2, -0.15) is 0 Å². The first kappa shape index (κ1) is 18.2. The highest BCUT2D eigenvalue weighted by Crippen LogP contribution is 2.39. The predicted octanol–water partition coefficient (Wildman–Crippen LogP) is 3.92. The van der Waals surface area contributed by atoms with Gasteiger partial charge in [0.15, 0.2) is 11.5 Å². The summed E-state index contributed by atoms with van der Waals surface area (Å²) in [4.78, 5) is 16.2. The van der Waals surface area contributed by atoms with E-state index in [0.717, 1.165) is 40.6 Å². The van der Waals surface area contributed by atoms with Crippen molar-refractivity contribution < 1.29 is 19.0 Å². The summed E-state index contributed by atoms with van der Waals surface area (Å²) in [6, 6.07) is 9.67. The first-order chi connectivity index (χ1) is 13.5. The summed E-state index contributed by atoms with van der Waals surface area (Å²) < 4.78 is 16.1. The number of carbonyl (C=O) groups is 1. The number of nitrogens with one attached hydrogen (secondary N) is 2. The lowest BCUT2D eigenvalue weighted by Crippen LogP contribution is -2.28. The highest BCUT2D eigenvalue weighted by atomic mass is 16.5. The highest BCUT2D eigenvalue weighted by molar-refractivity contribution is 6.01. The Hall–Kier alpha value is -3.15. The van der Waals surface area contributed by atoms with Crippen molar-refractivity contribution in [3.8, 4) is 17.2 Å². The first-order valence-electron chi connectivity index (χ1n) is 9.27. The van der Waals surface area contributed by atoms with Crippen LogP contribution >= 0.6 is 0 Å². The molecule has 28 heavy (non-hydrogen) atoms. The molecular weight excluding hydrogens is 356 g/mol. The Morgan fingerprint density at radius 2 is 1.82 bits per heavy atom. The van der Waals surface area contributed by atoms with Crippen LogP contribution in [0.2, 0.25) is 0 Å². The second-order valence-electron chi connectivity index (χ2n) is 7.01. The molecule has 4 rings (SSSR count). The number of fused-ring (bicyclic) bond motifs is 2. The van der Waals surface area contributed by atoms with Gasteiger partial charge in [0, 0.05) is 10.9 Å². The molecule has 6 heteroatoms. The fraction of sp³-hybridized carbons (Fsp3) is 0.318. The maximum atomic E-state index is 13.0. The van der Waals surface area contributed by atoms with Crippen molar-refractivity contribution in [2.45, 2.75) is 25.8 Å². The highest BCUT2D eigenvalue weighted by Gasteiger charge is 2.27. The molecule has 1 aromatic heterocycles. The Morgan fingerprint density at radius 1 is 1.07 bits per heavy atom. The van der Waals surface area contributed by atoms with Crippen molar-refractivity contribution in [3.63, 3.8) is 0 Å². The van der Waals surface area contributed by atoms with Gasteiger partial charge in [0.1, 0.15) is 11.4 Å². The second-order valence-corrected chi connectivity index (χ2v) is 7.01. The van der Waals surface area contributed by atoms with E-state index in [4.69, 9.17) is 14.2 Å². The van der Waals surface area contributed by atoms with Crippen molar-refractivity contribution in [2.24, 2.45) is 0 Å². The zero-order valence-corrected chi connectivity index (χ0v) is 16.5. The Labute approximate surface area is 163 Å². The molecular formula is C22H24N2O4. The topological polar surface area (TPSA) is 72.6 Å². The monoisotopic (exact) mass is 380 g/mol. The van der Waals surface area contributed by atoms with E-state index in [2.05, 4.69) is 10.3 Å². The maximum absolute atomic E-state index is 13.0. The molecule has 1 aliphatic carbocycles. The molecule has 0 fully saturated rings. The lowest BCUT2D eigenvalue weighted by Gasteiger charge is -2.16. The predicted molar refractivity (Wildman–Crippen MR) is 108 cm³/mol. The van der Waals surface area contributed by atoms with E-state index in [0.29, 0.717) is 17.2 Å². The lowest BCUT2D eigenvalue weighted by atomic mass is 10.1. The van der Waals surface area contributed by atoms with Crippen molar-refractivity contribution in [1.82, 2.24) is 10.3 Å². The summed E-state index contributed by atoms with van der Waals surface area (Å²) in [5.74, 6) is 2.05. The zero-order chi connectivity index (χ0) is 19.8. The smallest absolute Gasteiger partial charge is 0.268 e. The molecule has 0 bridgehead atoms. The molecule has 6 nitrogen and oxygen atoms in total.